The highest BCUT2D eigenvalue weighted by Gasteiger charge is 2.45. The van der Waals surface area contributed by atoms with Crippen molar-refractivity contribution in [3.63, 3.8) is 0 Å². The number of halogens is 1. The van der Waals surface area contributed by atoms with Crippen LogP contribution in [0.25, 0.3) is 11.2 Å². The van der Waals surface area contributed by atoms with E-state index in [1.165, 1.54) is 19.0 Å². The van der Waals surface area contributed by atoms with Crippen LogP contribution in [0.5, 0.6) is 0 Å². The van der Waals surface area contributed by atoms with Crippen LogP contribution in [0, 0.1) is 0 Å². The third kappa shape index (κ3) is 2.94. The summed E-state index contributed by atoms with van der Waals surface area (Å²) in [6.45, 7) is -0.567. The molecule has 4 N–H and O–H groups in total. The molecule has 4 atom stereocenters. The summed E-state index contributed by atoms with van der Waals surface area (Å²) in [7, 11) is 3.01. The van der Waals surface area contributed by atoms with Gasteiger partial charge in [-0.15, -0.1) is 0 Å². The number of hydrogen-bond acceptors (Lipinski definition) is 7. The molecule has 0 radical (unpaired) electrons. The number of aromatic amines is 1. The summed E-state index contributed by atoms with van der Waals surface area (Å²) in [5, 5.41) is 21.2. The molecule has 2 aromatic heterocycles. The maximum absolute atomic E-state index is 14.3. The molecular formula is C13H17FN6O5. The minimum absolute atomic E-state index is 0.0313. The lowest BCUT2D eigenvalue weighted by molar-refractivity contribution is -0.0459. The van der Waals surface area contributed by atoms with E-state index in [2.05, 4.69) is 20.3 Å². The van der Waals surface area contributed by atoms with E-state index in [0.29, 0.717) is 0 Å². The van der Waals surface area contributed by atoms with Crippen molar-refractivity contribution in [1.29, 1.82) is 0 Å². The molecule has 0 spiro atoms. The molecule has 1 aliphatic heterocycles. The molecule has 0 unspecified atom stereocenters. The number of aromatic nitrogens is 4. The number of hydrogen-bond donors (Lipinski definition) is 4. The SMILES string of the molecule is CN(C)C(=O)Nc1nc2c(ncn2[C@@H]2O[C@H](CO)[C@@H](O)[C@H]2F)c(=O)[nH]1. The minimum Gasteiger partial charge on any atom is -0.394 e. The van der Waals surface area contributed by atoms with E-state index in [0.717, 1.165) is 10.9 Å². The molecule has 2 aromatic rings. The fourth-order valence-electron chi connectivity index (χ4n) is 2.46. The average molecular weight is 356 g/mol. The van der Waals surface area contributed by atoms with Gasteiger partial charge in [-0.3, -0.25) is 19.7 Å². The fourth-order valence-corrected chi connectivity index (χ4v) is 2.46. The quantitative estimate of drug-likeness (QED) is 0.540. The largest absolute Gasteiger partial charge is 0.394 e. The molecule has 1 fully saturated rings. The predicted octanol–water partition coefficient (Wildman–Crippen LogP) is -1.20. The van der Waals surface area contributed by atoms with E-state index in [1.54, 1.807) is 0 Å². The maximum Gasteiger partial charge on any atom is 0.323 e. The number of carbonyl (C=O) groups excluding carboxylic acids is 1. The van der Waals surface area contributed by atoms with Gasteiger partial charge in [0.1, 0.15) is 12.2 Å². The number of rotatable bonds is 3. The van der Waals surface area contributed by atoms with Gasteiger partial charge in [0.15, 0.2) is 23.6 Å². The van der Waals surface area contributed by atoms with Crippen molar-refractivity contribution in [3.8, 4) is 0 Å². The molecule has 11 nitrogen and oxygen atoms in total. The number of imidazole rings is 1. The molecule has 3 heterocycles. The number of alkyl halides is 1. The van der Waals surface area contributed by atoms with Gasteiger partial charge < -0.3 is 19.8 Å². The third-order valence-corrected chi connectivity index (χ3v) is 3.81. The number of fused-ring (bicyclic) bond motifs is 1. The Kier molecular flexibility index (Phi) is 4.41. The van der Waals surface area contributed by atoms with Gasteiger partial charge in [-0.25, -0.2) is 14.2 Å². The smallest absolute Gasteiger partial charge is 0.323 e. The number of ether oxygens (including phenoxy) is 1. The Labute approximate surface area is 140 Å². The molecule has 0 saturated carbocycles. The van der Waals surface area contributed by atoms with Gasteiger partial charge in [0, 0.05) is 14.1 Å². The Morgan fingerprint density at radius 2 is 2.28 bits per heavy atom. The van der Waals surface area contributed by atoms with Crippen molar-refractivity contribution in [2.45, 2.75) is 24.6 Å². The number of aliphatic hydroxyl groups excluding tert-OH is 2. The Hall–Kier alpha value is -2.57. The van der Waals surface area contributed by atoms with Crippen molar-refractivity contribution in [3.05, 3.63) is 16.7 Å². The first-order valence-corrected chi connectivity index (χ1v) is 7.37. The maximum atomic E-state index is 14.3. The number of carbonyl (C=O) groups is 1. The Morgan fingerprint density at radius 3 is 2.88 bits per heavy atom. The summed E-state index contributed by atoms with van der Waals surface area (Å²) in [5.74, 6) is -0.148. The molecule has 0 aliphatic carbocycles. The van der Waals surface area contributed by atoms with E-state index in [-0.39, 0.29) is 17.1 Å². The lowest BCUT2D eigenvalue weighted by Gasteiger charge is -2.15. The minimum atomic E-state index is -1.85. The summed E-state index contributed by atoms with van der Waals surface area (Å²) in [5.41, 5.74) is -0.748. The molecule has 2 amide bonds. The van der Waals surface area contributed by atoms with Crippen molar-refractivity contribution in [2.75, 3.05) is 26.0 Å². The number of anilines is 1. The molecule has 12 heteroatoms. The first-order chi connectivity index (χ1) is 11.8. The van der Waals surface area contributed by atoms with E-state index >= 15 is 0 Å². The van der Waals surface area contributed by atoms with E-state index < -0.39 is 42.8 Å². The fraction of sp³-hybridized carbons (Fsp3) is 0.538. The molecule has 25 heavy (non-hydrogen) atoms. The zero-order valence-electron chi connectivity index (χ0n) is 13.4. The molecular weight excluding hydrogens is 339 g/mol. The normalized spacial score (nSPS) is 26.1. The monoisotopic (exact) mass is 356 g/mol. The lowest BCUT2D eigenvalue weighted by atomic mass is 10.1. The van der Waals surface area contributed by atoms with Crippen molar-refractivity contribution in [2.24, 2.45) is 0 Å². The van der Waals surface area contributed by atoms with Gasteiger partial charge in [0.05, 0.1) is 12.9 Å². The molecule has 1 aliphatic rings. The Bertz CT molecular complexity index is 851. The van der Waals surface area contributed by atoms with Crippen LogP contribution >= 0.6 is 0 Å². The predicted molar refractivity (Wildman–Crippen MR) is 82.8 cm³/mol. The van der Waals surface area contributed by atoms with Crippen LogP contribution < -0.4 is 10.9 Å². The summed E-state index contributed by atoms with van der Waals surface area (Å²) >= 11 is 0. The van der Waals surface area contributed by atoms with Crippen LogP contribution in [0.15, 0.2) is 11.1 Å². The van der Waals surface area contributed by atoms with Gasteiger partial charge in [-0.1, -0.05) is 0 Å². The van der Waals surface area contributed by atoms with Crippen LogP contribution in [0.1, 0.15) is 6.23 Å². The Morgan fingerprint density at radius 1 is 1.56 bits per heavy atom. The van der Waals surface area contributed by atoms with Gasteiger partial charge in [-0.05, 0) is 0 Å². The highest BCUT2D eigenvalue weighted by Crippen LogP contribution is 2.33. The second-order valence-corrected chi connectivity index (χ2v) is 5.75. The third-order valence-electron chi connectivity index (χ3n) is 3.81. The van der Waals surface area contributed by atoms with Gasteiger partial charge in [-0.2, -0.15) is 4.98 Å². The summed E-state index contributed by atoms with van der Waals surface area (Å²) in [4.78, 5) is 35.3. The molecule has 3 rings (SSSR count). The topological polar surface area (TPSA) is 146 Å². The van der Waals surface area contributed by atoms with Crippen LogP contribution in [0.3, 0.4) is 0 Å². The van der Waals surface area contributed by atoms with Gasteiger partial charge in [0.2, 0.25) is 5.95 Å². The van der Waals surface area contributed by atoms with Crippen LogP contribution in [-0.4, -0.2) is 79.7 Å². The van der Waals surface area contributed by atoms with Crippen molar-refractivity contribution < 1.29 is 24.1 Å². The van der Waals surface area contributed by atoms with Crippen LogP contribution in [-0.2, 0) is 4.74 Å². The van der Waals surface area contributed by atoms with Crippen LogP contribution in [0.2, 0.25) is 0 Å². The van der Waals surface area contributed by atoms with E-state index in [1.807, 2.05) is 0 Å². The summed E-state index contributed by atoms with van der Waals surface area (Å²) < 4.78 is 20.7. The molecule has 0 bridgehead atoms. The number of nitrogens with zero attached hydrogens (tertiary/aromatic N) is 4. The van der Waals surface area contributed by atoms with Crippen molar-refractivity contribution in [1.82, 2.24) is 24.4 Å². The van der Waals surface area contributed by atoms with Gasteiger partial charge in [0.25, 0.3) is 5.56 Å². The summed E-state index contributed by atoms with van der Waals surface area (Å²) in [6, 6.07) is -0.523. The Balaban J connectivity index is 2.01. The average Bonchev–Trinajstić information content (AvgIpc) is 3.10. The molecule has 0 aromatic carbocycles. The second-order valence-electron chi connectivity index (χ2n) is 5.75. The summed E-state index contributed by atoms with van der Waals surface area (Å²) in [6.07, 6.45) is -4.65. The highest BCUT2D eigenvalue weighted by molar-refractivity contribution is 5.87. The second kappa shape index (κ2) is 6.38. The first kappa shape index (κ1) is 17.3. The first-order valence-electron chi connectivity index (χ1n) is 7.37. The number of nitrogens with one attached hydrogen (secondary N) is 2. The van der Waals surface area contributed by atoms with Crippen LogP contribution in [0.4, 0.5) is 15.1 Å². The number of H-pyrrole nitrogens is 1. The lowest BCUT2D eigenvalue weighted by Crippen LogP contribution is -2.30. The van der Waals surface area contributed by atoms with E-state index in [4.69, 9.17) is 9.84 Å². The van der Waals surface area contributed by atoms with Gasteiger partial charge >= 0.3 is 6.03 Å². The molecule has 1 saturated heterocycles. The number of amides is 2. The zero-order valence-corrected chi connectivity index (χ0v) is 13.4. The standard InChI is InChI=1S/C13H17FN6O5/c1-19(2)13(24)18-12-16-9-7(10(23)17-12)15-4-20(9)11-6(14)8(22)5(3-21)25-11/h4-6,8,11,21-22H,3H2,1-2H3,(H2,16,17,18,23,24)/t5-,6-,8-,11-/m1/s1. The van der Waals surface area contributed by atoms with E-state index in [9.17, 15) is 19.1 Å². The number of aliphatic hydroxyl groups is 2. The molecule has 136 valence electrons. The zero-order chi connectivity index (χ0) is 18.3. The van der Waals surface area contributed by atoms with Crippen molar-refractivity contribution >= 4 is 23.1 Å². The number of urea groups is 1. The highest BCUT2D eigenvalue weighted by atomic mass is 19.1.